The first-order chi connectivity index (χ1) is 8.29. The maximum atomic E-state index is 5.75. The zero-order valence-electron chi connectivity index (χ0n) is 11.5. The molecule has 0 amide bonds. The molecule has 2 aliphatic rings. The first kappa shape index (κ1) is 13.4. The Labute approximate surface area is 107 Å². The summed E-state index contributed by atoms with van der Waals surface area (Å²) >= 11 is 0. The van der Waals surface area contributed by atoms with E-state index < -0.39 is 0 Å². The zero-order chi connectivity index (χ0) is 12.1. The van der Waals surface area contributed by atoms with Crippen molar-refractivity contribution in [1.29, 1.82) is 0 Å². The summed E-state index contributed by atoms with van der Waals surface area (Å²) in [7, 11) is 0. The average molecular weight is 238 g/mol. The van der Waals surface area contributed by atoms with Crippen molar-refractivity contribution in [2.75, 3.05) is 19.6 Å². The van der Waals surface area contributed by atoms with Gasteiger partial charge in [-0.1, -0.05) is 26.2 Å². The third kappa shape index (κ3) is 3.96. The normalized spacial score (nSPS) is 36.0. The molecule has 3 unspecified atom stereocenters. The molecule has 2 N–H and O–H groups in total. The van der Waals surface area contributed by atoms with Crippen LogP contribution in [-0.4, -0.2) is 30.6 Å². The van der Waals surface area contributed by atoms with Crippen LogP contribution in [0.4, 0.5) is 0 Å². The van der Waals surface area contributed by atoms with Gasteiger partial charge in [0, 0.05) is 12.6 Å². The molecule has 0 aromatic heterocycles. The van der Waals surface area contributed by atoms with E-state index in [1.165, 1.54) is 64.5 Å². The van der Waals surface area contributed by atoms with Gasteiger partial charge in [-0.2, -0.15) is 0 Å². The molecule has 17 heavy (non-hydrogen) atoms. The van der Waals surface area contributed by atoms with Crippen LogP contribution in [0.5, 0.6) is 0 Å². The van der Waals surface area contributed by atoms with Crippen molar-refractivity contribution in [3.05, 3.63) is 0 Å². The topological polar surface area (TPSA) is 29.3 Å². The summed E-state index contributed by atoms with van der Waals surface area (Å²) in [4.78, 5) is 2.76. The van der Waals surface area contributed by atoms with Gasteiger partial charge in [0.25, 0.3) is 0 Å². The Bertz CT molecular complexity index is 215. The van der Waals surface area contributed by atoms with E-state index in [0.29, 0.717) is 0 Å². The molecule has 1 heterocycles. The molecule has 2 nitrogen and oxygen atoms in total. The van der Waals surface area contributed by atoms with Crippen LogP contribution in [0, 0.1) is 11.8 Å². The monoisotopic (exact) mass is 238 g/mol. The van der Waals surface area contributed by atoms with Crippen LogP contribution in [0.1, 0.15) is 58.3 Å². The van der Waals surface area contributed by atoms with Crippen LogP contribution in [0.15, 0.2) is 0 Å². The fourth-order valence-electron chi connectivity index (χ4n) is 3.88. The first-order valence-corrected chi connectivity index (χ1v) is 7.73. The van der Waals surface area contributed by atoms with E-state index in [2.05, 4.69) is 11.8 Å². The number of hydrogen-bond donors (Lipinski definition) is 1. The van der Waals surface area contributed by atoms with Crippen molar-refractivity contribution in [2.45, 2.75) is 64.3 Å². The molecule has 0 aromatic carbocycles. The molecule has 100 valence electrons. The highest BCUT2D eigenvalue weighted by atomic mass is 15.2. The molecule has 0 bridgehead atoms. The van der Waals surface area contributed by atoms with Crippen LogP contribution >= 0.6 is 0 Å². The summed E-state index contributed by atoms with van der Waals surface area (Å²) in [6.07, 6.45) is 11.3. The summed E-state index contributed by atoms with van der Waals surface area (Å²) in [6.45, 7) is 5.98. The smallest absolute Gasteiger partial charge is 0.0107 e. The van der Waals surface area contributed by atoms with E-state index in [0.717, 1.165) is 24.4 Å². The molecule has 0 aromatic rings. The summed E-state index contributed by atoms with van der Waals surface area (Å²) in [6, 6.07) is 0.797. The number of nitrogens with zero attached hydrogens (tertiary/aromatic N) is 1. The lowest BCUT2D eigenvalue weighted by Crippen LogP contribution is -2.43. The van der Waals surface area contributed by atoms with E-state index >= 15 is 0 Å². The van der Waals surface area contributed by atoms with Crippen molar-refractivity contribution in [3.8, 4) is 0 Å². The number of hydrogen-bond acceptors (Lipinski definition) is 2. The molecule has 2 rings (SSSR count). The van der Waals surface area contributed by atoms with Gasteiger partial charge in [-0.05, 0) is 57.0 Å². The number of rotatable bonds is 4. The van der Waals surface area contributed by atoms with Crippen molar-refractivity contribution >= 4 is 0 Å². The van der Waals surface area contributed by atoms with E-state index in [-0.39, 0.29) is 0 Å². The Kier molecular flexibility index (Phi) is 5.30. The third-order valence-corrected chi connectivity index (χ3v) is 4.79. The second-order valence-corrected chi connectivity index (χ2v) is 6.36. The van der Waals surface area contributed by atoms with E-state index in [4.69, 9.17) is 5.73 Å². The quantitative estimate of drug-likeness (QED) is 0.816. The van der Waals surface area contributed by atoms with Gasteiger partial charge in [0.05, 0.1) is 0 Å². The average Bonchev–Trinajstić information content (AvgIpc) is 2.32. The van der Waals surface area contributed by atoms with Crippen LogP contribution in [0.2, 0.25) is 0 Å². The van der Waals surface area contributed by atoms with E-state index in [9.17, 15) is 0 Å². The zero-order valence-corrected chi connectivity index (χ0v) is 11.5. The molecule has 3 atom stereocenters. The lowest BCUT2D eigenvalue weighted by atomic mass is 9.81. The lowest BCUT2D eigenvalue weighted by molar-refractivity contribution is 0.101. The predicted molar refractivity (Wildman–Crippen MR) is 74.0 cm³/mol. The Morgan fingerprint density at radius 1 is 1.12 bits per heavy atom. The van der Waals surface area contributed by atoms with Crippen LogP contribution in [0.25, 0.3) is 0 Å². The van der Waals surface area contributed by atoms with Gasteiger partial charge in [-0.3, -0.25) is 0 Å². The Balaban J connectivity index is 1.82. The van der Waals surface area contributed by atoms with Crippen molar-refractivity contribution in [2.24, 2.45) is 17.6 Å². The summed E-state index contributed by atoms with van der Waals surface area (Å²) in [5, 5.41) is 0. The fraction of sp³-hybridized carbons (Fsp3) is 1.00. The number of nitrogens with two attached hydrogens (primary N) is 1. The Morgan fingerprint density at radius 3 is 2.76 bits per heavy atom. The Hall–Kier alpha value is -0.0800. The number of likely N-dealkylation sites (tertiary alicyclic amines) is 1. The number of piperidine rings is 1. The predicted octanol–water partition coefficient (Wildman–Crippen LogP) is 3.02. The first-order valence-electron chi connectivity index (χ1n) is 7.73. The van der Waals surface area contributed by atoms with Gasteiger partial charge in [0.15, 0.2) is 0 Å². The summed E-state index contributed by atoms with van der Waals surface area (Å²) in [5.41, 5.74) is 5.75. The maximum Gasteiger partial charge on any atom is 0.0107 e. The van der Waals surface area contributed by atoms with Gasteiger partial charge >= 0.3 is 0 Å². The highest BCUT2D eigenvalue weighted by Crippen LogP contribution is 2.31. The van der Waals surface area contributed by atoms with Gasteiger partial charge in [0.2, 0.25) is 0 Å². The van der Waals surface area contributed by atoms with E-state index in [1.807, 2.05) is 0 Å². The standard InChI is InChI=1S/C15H30N2/c1-13-5-4-6-14(11-13)12-17-10-3-2-7-15(17)8-9-16/h13-15H,2-12,16H2,1H3. The largest absolute Gasteiger partial charge is 0.330 e. The second kappa shape index (κ2) is 6.75. The SMILES string of the molecule is CC1CCCC(CN2CCCCC2CCN)C1. The molecule has 1 saturated carbocycles. The molecule has 0 spiro atoms. The second-order valence-electron chi connectivity index (χ2n) is 6.36. The van der Waals surface area contributed by atoms with E-state index in [1.54, 1.807) is 0 Å². The molecular weight excluding hydrogens is 208 g/mol. The summed E-state index contributed by atoms with van der Waals surface area (Å²) < 4.78 is 0. The molecular formula is C15H30N2. The van der Waals surface area contributed by atoms with Crippen molar-refractivity contribution in [3.63, 3.8) is 0 Å². The molecule has 2 fully saturated rings. The Morgan fingerprint density at radius 2 is 2.00 bits per heavy atom. The minimum Gasteiger partial charge on any atom is -0.330 e. The highest BCUT2D eigenvalue weighted by molar-refractivity contribution is 4.81. The van der Waals surface area contributed by atoms with Gasteiger partial charge < -0.3 is 10.6 Å². The molecule has 1 saturated heterocycles. The molecule has 1 aliphatic heterocycles. The van der Waals surface area contributed by atoms with Gasteiger partial charge in [-0.15, -0.1) is 0 Å². The minimum atomic E-state index is 0.797. The maximum absolute atomic E-state index is 5.75. The van der Waals surface area contributed by atoms with Crippen LogP contribution < -0.4 is 5.73 Å². The van der Waals surface area contributed by atoms with Crippen LogP contribution in [0.3, 0.4) is 0 Å². The molecule has 0 radical (unpaired) electrons. The molecule has 2 heteroatoms. The molecule has 1 aliphatic carbocycles. The third-order valence-electron chi connectivity index (χ3n) is 4.79. The van der Waals surface area contributed by atoms with Crippen molar-refractivity contribution < 1.29 is 0 Å². The highest BCUT2D eigenvalue weighted by Gasteiger charge is 2.26. The minimum absolute atomic E-state index is 0.797. The van der Waals surface area contributed by atoms with Crippen LogP contribution in [-0.2, 0) is 0 Å². The lowest BCUT2D eigenvalue weighted by Gasteiger charge is -2.39. The van der Waals surface area contributed by atoms with Crippen molar-refractivity contribution in [1.82, 2.24) is 4.90 Å². The summed E-state index contributed by atoms with van der Waals surface area (Å²) in [5.74, 6) is 1.93. The van der Waals surface area contributed by atoms with Gasteiger partial charge in [0.1, 0.15) is 0 Å². The van der Waals surface area contributed by atoms with Gasteiger partial charge in [-0.25, -0.2) is 0 Å². The fourth-order valence-corrected chi connectivity index (χ4v) is 3.88.